The molecule has 1 aliphatic rings. The first-order valence-corrected chi connectivity index (χ1v) is 8.27. The number of halogens is 1. The van der Waals surface area contributed by atoms with Gasteiger partial charge in [-0.2, -0.15) is 0 Å². The smallest absolute Gasteiger partial charge is 0.339 e. The third kappa shape index (κ3) is 2.93. The third-order valence-corrected chi connectivity index (χ3v) is 4.62. The maximum atomic E-state index is 13.8. The lowest BCUT2D eigenvalue weighted by atomic mass is 9.88. The molecule has 1 amide bonds. The van der Waals surface area contributed by atoms with Gasteiger partial charge in [0.1, 0.15) is 17.1 Å². The number of hydrogen-bond donors (Lipinski definition) is 3. The van der Waals surface area contributed by atoms with Crippen molar-refractivity contribution in [3.8, 4) is 11.4 Å². The summed E-state index contributed by atoms with van der Waals surface area (Å²) >= 11 is 0. The van der Waals surface area contributed by atoms with E-state index < -0.39 is 17.7 Å². The Kier molecular flexibility index (Phi) is 3.92. The van der Waals surface area contributed by atoms with Crippen molar-refractivity contribution in [2.75, 3.05) is 5.32 Å². The van der Waals surface area contributed by atoms with Crippen molar-refractivity contribution >= 4 is 17.6 Å². The van der Waals surface area contributed by atoms with E-state index in [1.54, 1.807) is 22.8 Å². The first-order chi connectivity index (χ1) is 12.9. The maximum absolute atomic E-state index is 13.8. The summed E-state index contributed by atoms with van der Waals surface area (Å²) in [4.78, 5) is 23.9. The lowest BCUT2D eigenvalue weighted by molar-refractivity contribution is -0.116. The van der Waals surface area contributed by atoms with E-state index in [1.165, 1.54) is 36.5 Å². The van der Waals surface area contributed by atoms with E-state index in [2.05, 4.69) is 5.32 Å². The summed E-state index contributed by atoms with van der Waals surface area (Å²) in [6.07, 6.45) is 1.46. The van der Waals surface area contributed by atoms with Crippen molar-refractivity contribution in [2.45, 2.75) is 12.3 Å². The number of anilines is 1. The number of nitrogens with one attached hydrogen (secondary N) is 1. The van der Waals surface area contributed by atoms with Crippen molar-refractivity contribution < 1.29 is 24.2 Å². The molecular formula is C20H15FN2O4. The molecule has 1 atom stereocenters. The molecule has 6 nitrogen and oxygen atoms in total. The van der Waals surface area contributed by atoms with Crippen LogP contribution in [0.25, 0.3) is 5.69 Å². The fourth-order valence-electron chi connectivity index (χ4n) is 3.49. The highest BCUT2D eigenvalue weighted by Gasteiger charge is 2.34. The number of amides is 1. The summed E-state index contributed by atoms with van der Waals surface area (Å²) in [5, 5.41) is 22.0. The average molecular weight is 366 g/mol. The second kappa shape index (κ2) is 6.28. The van der Waals surface area contributed by atoms with Gasteiger partial charge in [0.25, 0.3) is 0 Å². The van der Waals surface area contributed by atoms with Crippen LogP contribution in [0, 0.1) is 5.82 Å². The molecule has 1 aliphatic heterocycles. The molecule has 1 aromatic heterocycles. The Morgan fingerprint density at radius 1 is 1.19 bits per heavy atom. The number of benzene rings is 2. The molecule has 0 saturated heterocycles. The number of phenolic OH excluding ortho intramolecular Hbond substituents is 1. The number of carbonyl (C=O) groups is 2. The van der Waals surface area contributed by atoms with Crippen LogP contribution < -0.4 is 5.32 Å². The van der Waals surface area contributed by atoms with Crippen LogP contribution in [0.5, 0.6) is 5.75 Å². The topological polar surface area (TPSA) is 91.6 Å². The number of aromatic nitrogens is 1. The van der Waals surface area contributed by atoms with Gasteiger partial charge >= 0.3 is 5.97 Å². The molecule has 0 unspecified atom stereocenters. The number of carbonyl (C=O) groups excluding carboxylic acids is 1. The Bertz CT molecular complexity index is 1070. The molecule has 0 fully saturated rings. The molecule has 136 valence electrons. The van der Waals surface area contributed by atoms with Crippen LogP contribution in [0.15, 0.2) is 54.7 Å². The number of nitrogens with zero attached hydrogens (tertiary/aromatic N) is 1. The van der Waals surface area contributed by atoms with Gasteiger partial charge in [0.15, 0.2) is 0 Å². The van der Waals surface area contributed by atoms with Gasteiger partial charge in [-0.25, -0.2) is 9.18 Å². The second-order valence-electron chi connectivity index (χ2n) is 6.36. The van der Waals surface area contributed by atoms with E-state index in [1.807, 2.05) is 0 Å². The molecule has 0 radical (unpaired) electrons. The molecule has 4 rings (SSSR count). The van der Waals surface area contributed by atoms with Crippen LogP contribution in [0.3, 0.4) is 0 Å². The number of rotatable bonds is 3. The predicted octanol–water partition coefficient (Wildman–Crippen LogP) is 3.49. The molecular weight excluding hydrogens is 351 g/mol. The predicted molar refractivity (Wildman–Crippen MR) is 95.9 cm³/mol. The summed E-state index contributed by atoms with van der Waals surface area (Å²) in [7, 11) is 0. The number of fused-ring (bicyclic) bond motifs is 1. The Balaban J connectivity index is 1.99. The van der Waals surface area contributed by atoms with E-state index >= 15 is 0 Å². The first kappa shape index (κ1) is 16.8. The molecule has 0 saturated carbocycles. The highest BCUT2D eigenvalue weighted by Crippen LogP contribution is 2.42. The lowest BCUT2D eigenvalue weighted by Gasteiger charge is -2.26. The zero-order valence-electron chi connectivity index (χ0n) is 14.0. The highest BCUT2D eigenvalue weighted by molar-refractivity contribution is 6.04. The average Bonchev–Trinajstić information content (AvgIpc) is 3.00. The molecule has 3 aromatic rings. The molecule has 0 bridgehead atoms. The van der Waals surface area contributed by atoms with E-state index in [4.69, 9.17) is 0 Å². The number of carboxylic acids is 1. The number of phenols is 1. The van der Waals surface area contributed by atoms with Gasteiger partial charge in [-0.1, -0.05) is 18.2 Å². The number of aromatic hydroxyl groups is 1. The van der Waals surface area contributed by atoms with Gasteiger partial charge in [-0.15, -0.1) is 0 Å². The maximum Gasteiger partial charge on any atom is 0.339 e. The Morgan fingerprint density at radius 3 is 2.67 bits per heavy atom. The number of aromatic carboxylic acids is 1. The summed E-state index contributed by atoms with van der Waals surface area (Å²) in [5.41, 5.74) is 1.76. The fraction of sp³-hybridized carbons (Fsp3) is 0.100. The quantitative estimate of drug-likeness (QED) is 0.662. The van der Waals surface area contributed by atoms with Crippen LogP contribution in [0.2, 0.25) is 0 Å². The molecule has 0 aliphatic carbocycles. The van der Waals surface area contributed by atoms with Gasteiger partial charge in [-0.05, 0) is 35.9 Å². The van der Waals surface area contributed by atoms with Crippen LogP contribution in [-0.2, 0) is 4.79 Å². The molecule has 7 heteroatoms. The van der Waals surface area contributed by atoms with Crippen LogP contribution in [-0.4, -0.2) is 26.7 Å². The lowest BCUT2D eigenvalue weighted by Crippen LogP contribution is -2.25. The molecule has 0 spiro atoms. The largest absolute Gasteiger partial charge is 0.508 e. The highest BCUT2D eigenvalue weighted by atomic mass is 19.1. The minimum Gasteiger partial charge on any atom is -0.508 e. The van der Waals surface area contributed by atoms with Crippen molar-refractivity contribution in [1.82, 2.24) is 4.57 Å². The molecule has 3 N–H and O–H groups in total. The third-order valence-electron chi connectivity index (χ3n) is 4.62. The van der Waals surface area contributed by atoms with Crippen molar-refractivity contribution in [2.24, 2.45) is 0 Å². The molecule has 2 aromatic carbocycles. The Labute approximate surface area is 153 Å². The van der Waals surface area contributed by atoms with Crippen LogP contribution in [0.4, 0.5) is 10.1 Å². The fourth-order valence-corrected chi connectivity index (χ4v) is 3.49. The normalized spacial score (nSPS) is 15.9. The Hall–Kier alpha value is -3.61. The van der Waals surface area contributed by atoms with Gasteiger partial charge < -0.3 is 20.1 Å². The number of hydrogen-bond acceptors (Lipinski definition) is 3. The molecule has 2 heterocycles. The summed E-state index contributed by atoms with van der Waals surface area (Å²) < 4.78 is 15.3. The van der Waals surface area contributed by atoms with Crippen molar-refractivity contribution in [3.05, 3.63) is 77.4 Å². The van der Waals surface area contributed by atoms with Gasteiger partial charge in [0.05, 0.1) is 11.4 Å². The van der Waals surface area contributed by atoms with E-state index in [0.717, 1.165) is 0 Å². The Morgan fingerprint density at radius 2 is 1.96 bits per heavy atom. The van der Waals surface area contributed by atoms with E-state index in [9.17, 15) is 24.2 Å². The number of carboxylic acid groups (broad SMARTS) is 1. The second-order valence-corrected chi connectivity index (χ2v) is 6.36. The minimum atomic E-state index is -1.20. The van der Waals surface area contributed by atoms with Gasteiger partial charge in [0.2, 0.25) is 5.91 Å². The zero-order valence-corrected chi connectivity index (χ0v) is 14.0. The monoisotopic (exact) mass is 366 g/mol. The summed E-state index contributed by atoms with van der Waals surface area (Å²) in [6, 6.07) is 12.2. The van der Waals surface area contributed by atoms with Crippen molar-refractivity contribution in [3.63, 3.8) is 0 Å². The van der Waals surface area contributed by atoms with E-state index in [0.29, 0.717) is 16.9 Å². The summed E-state index contributed by atoms with van der Waals surface area (Å²) in [5.74, 6) is -2.42. The van der Waals surface area contributed by atoms with E-state index in [-0.39, 0.29) is 29.3 Å². The minimum absolute atomic E-state index is 0.0438. The SMILES string of the molecule is O=C1C[C@@H](c2cccc(O)c2)c2c(c(C(=O)O)cn2-c2cccc(F)c2)N1. The van der Waals surface area contributed by atoms with Crippen LogP contribution >= 0.6 is 0 Å². The van der Waals surface area contributed by atoms with Crippen LogP contribution in [0.1, 0.15) is 34.0 Å². The standard InChI is InChI=1S/C20H15FN2O4/c21-12-4-2-5-13(8-12)23-10-16(20(26)27)18-19(23)15(9-17(25)22-18)11-3-1-6-14(24)7-11/h1-8,10,15,24H,9H2,(H,22,25)(H,26,27)/t15-/m0/s1. The zero-order chi connectivity index (χ0) is 19.1. The first-order valence-electron chi connectivity index (χ1n) is 8.27. The van der Waals surface area contributed by atoms with Gasteiger partial charge in [0, 0.05) is 24.2 Å². The van der Waals surface area contributed by atoms with Crippen molar-refractivity contribution in [1.29, 1.82) is 0 Å². The van der Waals surface area contributed by atoms with Gasteiger partial charge in [-0.3, -0.25) is 4.79 Å². The molecule has 27 heavy (non-hydrogen) atoms. The summed E-state index contributed by atoms with van der Waals surface area (Å²) in [6.45, 7) is 0.